The molecule has 29 heavy (non-hydrogen) atoms. The first-order chi connectivity index (χ1) is 14.0. The summed E-state index contributed by atoms with van der Waals surface area (Å²) in [5, 5.41) is 21.6. The van der Waals surface area contributed by atoms with Gasteiger partial charge >= 0.3 is 5.97 Å². The van der Waals surface area contributed by atoms with Crippen molar-refractivity contribution >= 4 is 11.7 Å². The monoisotopic (exact) mass is 385 g/mol. The van der Waals surface area contributed by atoms with E-state index in [4.69, 9.17) is 5.11 Å². The van der Waals surface area contributed by atoms with Gasteiger partial charge in [0.05, 0.1) is 18.4 Å². The minimum absolute atomic E-state index is 0.201. The summed E-state index contributed by atoms with van der Waals surface area (Å²) < 4.78 is 0. The summed E-state index contributed by atoms with van der Waals surface area (Å²) in [6, 6.07) is 13.5. The molecule has 142 valence electrons. The number of rotatable bonds is 4. The van der Waals surface area contributed by atoms with E-state index in [1.165, 1.54) is 18.5 Å². The highest BCUT2D eigenvalue weighted by Gasteiger charge is 2.06. The van der Waals surface area contributed by atoms with Crippen LogP contribution in [0.3, 0.4) is 0 Å². The van der Waals surface area contributed by atoms with Crippen LogP contribution in [0.1, 0.15) is 27.2 Å². The van der Waals surface area contributed by atoms with Crippen LogP contribution in [0.4, 0.5) is 5.69 Å². The zero-order valence-electron chi connectivity index (χ0n) is 15.1. The average Bonchev–Trinajstić information content (AvgIpc) is 2.73. The molecule has 3 rings (SSSR count). The van der Waals surface area contributed by atoms with Crippen LogP contribution in [-0.4, -0.2) is 26.2 Å². The molecule has 0 aliphatic rings. The Kier molecular flexibility index (Phi) is 5.94. The average molecular weight is 385 g/mol. The van der Waals surface area contributed by atoms with Crippen molar-refractivity contribution in [3.05, 3.63) is 87.6 Å². The summed E-state index contributed by atoms with van der Waals surface area (Å²) in [7, 11) is 0. The summed E-state index contributed by atoms with van der Waals surface area (Å²) >= 11 is 0. The second-order valence-corrected chi connectivity index (χ2v) is 5.84. The van der Waals surface area contributed by atoms with Crippen molar-refractivity contribution in [2.75, 3.05) is 5.32 Å². The van der Waals surface area contributed by atoms with Crippen molar-refractivity contribution in [1.82, 2.24) is 9.97 Å². The van der Waals surface area contributed by atoms with Gasteiger partial charge < -0.3 is 20.5 Å². The maximum absolute atomic E-state index is 11.3. The number of nitrogens with one attached hydrogen (secondary N) is 2. The Balaban J connectivity index is 1.59. The number of aromatic amines is 1. The Bertz CT molecular complexity index is 1210. The van der Waals surface area contributed by atoms with E-state index in [0.717, 1.165) is 11.3 Å². The molecule has 0 bridgehead atoms. The Morgan fingerprint density at radius 2 is 1.59 bits per heavy atom. The maximum atomic E-state index is 11.3. The molecular formula is C22H15N3O4. The fourth-order valence-electron chi connectivity index (χ4n) is 2.32. The van der Waals surface area contributed by atoms with Crippen molar-refractivity contribution in [1.29, 1.82) is 0 Å². The number of hydrogen-bond acceptors (Lipinski definition) is 5. The molecule has 3 aromatic rings. The van der Waals surface area contributed by atoms with Crippen LogP contribution in [-0.2, 0) is 6.54 Å². The summed E-state index contributed by atoms with van der Waals surface area (Å²) in [6.45, 7) is 0.201. The van der Waals surface area contributed by atoms with Crippen molar-refractivity contribution in [2.45, 2.75) is 6.54 Å². The van der Waals surface area contributed by atoms with Crippen molar-refractivity contribution in [3.8, 4) is 29.4 Å². The summed E-state index contributed by atoms with van der Waals surface area (Å²) in [4.78, 5) is 28.4. The standard InChI is InChI=1S/C22H15N3O4/c26-20-19(24-14-25-21(20)27)13-23-18-11-7-16(8-12-18)4-2-1-3-15-5-9-17(10-6-15)22(28)29/h5-12,14,23,26H,13H2,(H,28,29)(H,24,25,27). The van der Waals surface area contributed by atoms with Gasteiger partial charge in [-0.3, -0.25) is 4.79 Å². The van der Waals surface area contributed by atoms with Gasteiger partial charge in [0, 0.05) is 16.8 Å². The molecule has 0 spiro atoms. The lowest BCUT2D eigenvalue weighted by Gasteiger charge is -2.06. The molecule has 0 radical (unpaired) electrons. The Labute approximate surface area is 166 Å². The lowest BCUT2D eigenvalue weighted by atomic mass is 10.1. The number of carboxylic acids is 1. The van der Waals surface area contributed by atoms with Crippen molar-refractivity contribution < 1.29 is 15.0 Å². The van der Waals surface area contributed by atoms with E-state index in [-0.39, 0.29) is 17.8 Å². The molecule has 0 fully saturated rings. The third-order valence-corrected chi connectivity index (χ3v) is 3.86. The van der Waals surface area contributed by atoms with E-state index in [1.54, 1.807) is 12.1 Å². The predicted octanol–water partition coefficient (Wildman–Crippen LogP) is 2.19. The minimum Gasteiger partial charge on any atom is -0.502 e. The SMILES string of the molecule is O=C(O)c1ccc(C#CC#Cc2ccc(NCc3nc[nH]c(=O)c3O)cc2)cc1. The van der Waals surface area contributed by atoms with Crippen LogP contribution in [0.2, 0.25) is 0 Å². The van der Waals surface area contributed by atoms with Crippen LogP contribution in [0.15, 0.2) is 59.7 Å². The van der Waals surface area contributed by atoms with Gasteiger partial charge in [0.25, 0.3) is 5.56 Å². The largest absolute Gasteiger partial charge is 0.502 e. The van der Waals surface area contributed by atoms with Crippen LogP contribution in [0.25, 0.3) is 0 Å². The van der Waals surface area contributed by atoms with Gasteiger partial charge in [-0.1, -0.05) is 11.8 Å². The highest BCUT2D eigenvalue weighted by molar-refractivity contribution is 5.87. The van der Waals surface area contributed by atoms with E-state index in [1.807, 2.05) is 24.3 Å². The molecule has 7 nitrogen and oxygen atoms in total. The highest BCUT2D eigenvalue weighted by Crippen LogP contribution is 2.12. The number of aromatic carboxylic acids is 1. The second-order valence-electron chi connectivity index (χ2n) is 5.84. The normalized spacial score (nSPS) is 9.52. The lowest BCUT2D eigenvalue weighted by Crippen LogP contribution is -2.11. The number of aromatic nitrogens is 2. The molecule has 7 heteroatoms. The molecule has 1 heterocycles. The molecular weight excluding hydrogens is 370 g/mol. The minimum atomic E-state index is -0.979. The fourth-order valence-corrected chi connectivity index (χ4v) is 2.32. The van der Waals surface area contributed by atoms with Gasteiger partial charge in [-0.15, -0.1) is 0 Å². The fraction of sp³-hybridized carbons (Fsp3) is 0.0455. The Morgan fingerprint density at radius 1 is 1.00 bits per heavy atom. The number of aromatic hydroxyl groups is 1. The van der Waals surface area contributed by atoms with Crippen LogP contribution in [0, 0.1) is 23.7 Å². The van der Waals surface area contributed by atoms with Gasteiger partial charge in [0.15, 0.2) is 0 Å². The van der Waals surface area contributed by atoms with E-state index >= 15 is 0 Å². The summed E-state index contributed by atoms with van der Waals surface area (Å²) in [5.41, 5.74) is 2.11. The van der Waals surface area contributed by atoms with Gasteiger partial charge in [-0.2, -0.15) is 0 Å². The predicted molar refractivity (Wildman–Crippen MR) is 107 cm³/mol. The van der Waals surface area contributed by atoms with Crippen LogP contribution < -0.4 is 10.9 Å². The molecule has 0 saturated carbocycles. The third kappa shape index (κ3) is 5.25. The van der Waals surface area contributed by atoms with Crippen molar-refractivity contribution in [2.24, 2.45) is 0 Å². The van der Waals surface area contributed by atoms with Crippen molar-refractivity contribution in [3.63, 3.8) is 0 Å². The molecule has 0 atom stereocenters. The van der Waals surface area contributed by atoms with Gasteiger partial charge in [0.2, 0.25) is 5.75 Å². The molecule has 0 unspecified atom stereocenters. The van der Waals surface area contributed by atoms with E-state index in [9.17, 15) is 14.7 Å². The number of anilines is 1. The molecule has 0 saturated heterocycles. The smallest absolute Gasteiger partial charge is 0.335 e. The number of benzene rings is 2. The molecule has 0 aliphatic heterocycles. The summed E-state index contributed by atoms with van der Waals surface area (Å²) in [6.07, 6.45) is 1.24. The quantitative estimate of drug-likeness (QED) is 0.512. The topological polar surface area (TPSA) is 115 Å². The number of carbonyl (C=O) groups is 1. The van der Waals surface area contributed by atoms with Gasteiger partial charge in [-0.05, 0) is 60.4 Å². The Hall–Kier alpha value is -4.49. The third-order valence-electron chi connectivity index (χ3n) is 3.86. The molecule has 1 aromatic heterocycles. The number of nitrogens with zero attached hydrogens (tertiary/aromatic N) is 1. The lowest BCUT2D eigenvalue weighted by molar-refractivity contribution is 0.0697. The first-order valence-electron chi connectivity index (χ1n) is 8.48. The zero-order valence-corrected chi connectivity index (χ0v) is 15.1. The number of carboxylic acid groups (broad SMARTS) is 1. The number of H-pyrrole nitrogens is 1. The highest BCUT2D eigenvalue weighted by atomic mass is 16.4. The van der Waals surface area contributed by atoms with Crippen LogP contribution >= 0.6 is 0 Å². The first kappa shape index (κ1) is 19.3. The molecule has 4 N–H and O–H groups in total. The van der Waals surface area contributed by atoms with Crippen LogP contribution in [0.5, 0.6) is 5.75 Å². The molecule has 0 amide bonds. The van der Waals surface area contributed by atoms with Gasteiger partial charge in [0.1, 0.15) is 5.69 Å². The second kappa shape index (κ2) is 8.94. The Morgan fingerprint density at radius 3 is 2.17 bits per heavy atom. The van der Waals surface area contributed by atoms with E-state index in [2.05, 4.69) is 39.0 Å². The molecule has 0 aliphatic carbocycles. The van der Waals surface area contributed by atoms with E-state index in [0.29, 0.717) is 5.56 Å². The maximum Gasteiger partial charge on any atom is 0.335 e. The van der Waals surface area contributed by atoms with Gasteiger partial charge in [-0.25, -0.2) is 9.78 Å². The molecule has 2 aromatic carbocycles. The first-order valence-corrected chi connectivity index (χ1v) is 8.48. The van der Waals surface area contributed by atoms with E-state index < -0.39 is 17.3 Å². The number of hydrogen-bond donors (Lipinski definition) is 4. The summed E-state index contributed by atoms with van der Waals surface area (Å²) in [5.74, 6) is 9.87. The zero-order chi connectivity index (χ0) is 20.6.